The van der Waals surface area contributed by atoms with Gasteiger partial charge in [0, 0.05) is 13.6 Å². The van der Waals surface area contributed by atoms with E-state index in [-0.39, 0.29) is 11.9 Å². The molecule has 0 radical (unpaired) electrons. The summed E-state index contributed by atoms with van der Waals surface area (Å²) in [7, 11) is 1.85. The molecule has 16 heavy (non-hydrogen) atoms. The number of anilines is 1. The van der Waals surface area contributed by atoms with Gasteiger partial charge in [-0.2, -0.15) is 0 Å². The normalized spacial score (nSPS) is 18.4. The second-order valence-corrected chi connectivity index (χ2v) is 3.94. The molecular formula is C10H12ClN3O2. The number of rotatable bonds is 2. The van der Waals surface area contributed by atoms with Crippen molar-refractivity contribution in [3.05, 3.63) is 17.2 Å². The van der Waals surface area contributed by atoms with E-state index in [2.05, 4.69) is 9.97 Å². The van der Waals surface area contributed by atoms with Crippen LogP contribution in [0.25, 0.3) is 0 Å². The van der Waals surface area contributed by atoms with E-state index >= 15 is 0 Å². The number of fused-ring (bicyclic) bond motifs is 1. The zero-order valence-electron chi connectivity index (χ0n) is 9.11. The molecule has 5 nitrogen and oxygen atoms in total. The zero-order valence-corrected chi connectivity index (χ0v) is 9.86. The number of halogens is 1. The molecule has 0 amide bonds. The standard InChI is InChI=1S/C10H12ClN3O2/c1-3-16-10(15)6-4-14(2)8-7(6)12-5-13-9(8)11/h5-6H,3-4H2,1-2H3. The summed E-state index contributed by atoms with van der Waals surface area (Å²) in [4.78, 5) is 21.6. The molecule has 1 aromatic rings. The van der Waals surface area contributed by atoms with Crippen molar-refractivity contribution in [3.8, 4) is 0 Å². The lowest BCUT2D eigenvalue weighted by atomic mass is 10.1. The molecule has 0 spiro atoms. The highest BCUT2D eigenvalue weighted by atomic mass is 35.5. The van der Waals surface area contributed by atoms with E-state index < -0.39 is 0 Å². The topological polar surface area (TPSA) is 55.3 Å². The average molecular weight is 242 g/mol. The molecule has 0 N–H and O–H groups in total. The van der Waals surface area contributed by atoms with Crippen LogP contribution < -0.4 is 4.90 Å². The predicted molar refractivity (Wildman–Crippen MR) is 59.7 cm³/mol. The monoisotopic (exact) mass is 241 g/mol. The maximum atomic E-state index is 11.7. The minimum Gasteiger partial charge on any atom is -0.465 e. The molecule has 2 heterocycles. The highest BCUT2D eigenvalue weighted by Crippen LogP contribution is 2.37. The average Bonchev–Trinajstić information content (AvgIpc) is 2.58. The molecular weight excluding hydrogens is 230 g/mol. The van der Waals surface area contributed by atoms with Crippen molar-refractivity contribution in [2.24, 2.45) is 0 Å². The van der Waals surface area contributed by atoms with E-state index in [4.69, 9.17) is 16.3 Å². The zero-order chi connectivity index (χ0) is 11.7. The Bertz CT molecular complexity index is 425. The summed E-state index contributed by atoms with van der Waals surface area (Å²) < 4.78 is 5.00. The first-order valence-electron chi connectivity index (χ1n) is 5.03. The van der Waals surface area contributed by atoms with Crippen molar-refractivity contribution < 1.29 is 9.53 Å². The molecule has 0 saturated heterocycles. The van der Waals surface area contributed by atoms with Crippen LogP contribution in [0.2, 0.25) is 5.15 Å². The van der Waals surface area contributed by atoms with Gasteiger partial charge in [0.2, 0.25) is 0 Å². The number of aromatic nitrogens is 2. The molecule has 1 aliphatic heterocycles. The lowest BCUT2D eigenvalue weighted by Crippen LogP contribution is -2.22. The number of carbonyl (C=O) groups is 1. The third-order valence-electron chi connectivity index (χ3n) is 2.55. The van der Waals surface area contributed by atoms with Crippen LogP contribution in [0.1, 0.15) is 18.5 Å². The van der Waals surface area contributed by atoms with Gasteiger partial charge in [0.1, 0.15) is 12.2 Å². The third kappa shape index (κ3) is 1.71. The minimum atomic E-state index is -0.361. The van der Waals surface area contributed by atoms with Gasteiger partial charge < -0.3 is 9.64 Å². The highest BCUT2D eigenvalue weighted by molar-refractivity contribution is 6.32. The van der Waals surface area contributed by atoms with Gasteiger partial charge in [0.05, 0.1) is 18.0 Å². The summed E-state index contributed by atoms with van der Waals surface area (Å²) in [6, 6.07) is 0. The van der Waals surface area contributed by atoms with Crippen LogP contribution in [0, 0.1) is 0 Å². The summed E-state index contributed by atoms with van der Waals surface area (Å²) in [5, 5.41) is 0.374. The summed E-state index contributed by atoms with van der Waals surface area (Å²) in [5.41, 5.74) is 1.38. The first kappa shape index (κ1) is 11.1. The van der Waals surface area contributed by atoms with Gasteiger partial charge in [-0.25, -0.2) is 9.97 Å². The number of ether oxygens (including phenoxy) is 1. The van der Waals surface area contributed by atoms with E-state index in [9.17, 15) is 4.79 Å². The van der Waals surface area contributed by atoms with Gasteiger partial charge in [-0.3, -0.25) is 4.79 Å². The number of nitrogens with zero attached hydrogens (tertiary/aromatic N) is 3. The lowest BCUT2D eigenvalue weighted by molar-refractivity contribution is -0.144. The molecule has 0 aliphatic carbocycles. The fraction of sp³-hybridized carbons (Fsp3) is 0.500. The van der Waals surface area contributed by atoms with Crippen molar-refractivity contribution in [1.82, 2.24) is 9.97 Å². The maximum Gasteiger partial charge on any atom is 0.316 e. The van der Waals surface area contributed by atoms with Gasteiger partial charge in [0.15, 0.2) is 5.15 Å². The molecule has 86 valence electrons. The fourth-order valence-corrected chi connectivity index (χ4v) is 2.14. The van der Waals surface area contributed by atoms with Gasteiger partial charge in [-0.1, -0.05) is 11.6 Å². The molecule has 6 heteroatoms. The predicted octanol–water partition coefficient (Wildman–Crippen LogP) is 1.23. The second-order valence-electron chi connectivity index (χ2n) is 3.58. The van der Waals surface area contributed by atoms with Gasteiger partial charge in [-0.05, 0) is 6.92 Å². The minimum absolute atomic E-state index is 0.261. The maximum absolute atomic E-state index is 11.7. The third-order valence-corrected chi connectivity index (χ3v) is 2.82. The Labute approximate surface area is 98.4 Å². The smallest absolute Gasteiger partial charge is 0.316 e. The van der Waals surface area contributed by atoms with Crippen molar-refractivity contribution in [3.63, 3.8) is 0 Å². The van der Waals surface area contributed by atoms with Crippen LogP contribution >= 0.6 is 11.6 Å². The number of hydrogen-bond donors (Lipinski definition) is 0. The molecule has 0 fully saturated rings. The molecule has 1 aliphatic rings. The first-order chi connectivity index (χ1) is 7.65. The van der Waals surface area contributed by atoms with Crippen molar-refractivity contribution in [2.45, 2.75) is 12.8 Å². The molecule has 1 atom stereocenters. The van der Waals surface area contributed by atoms with Crippen molar-refractivity contribution >= 4 is 23.3 Å². The molecule has 0 bridgehead atoms. The summed E-state index contributed by atoms with van der Waals surface area (Å²) in [6.07, 6.45) is 1.37. The highest BCUT2D eigenvalue weighted by Gasteiger charge is 2.36. The van der Waals surface area contributed by atoms with Crippen LogP contribution in [0.3, 0.4) is 0 Å². The Hall–Kier alpha value is -1.36. The van der Waals surface area contributed by atoms with Gasteiger partial charge >= 0.3 is 5.97 Å². The first-order valence-corrected chi connectivity index (χ1v) is 5.41. The van der Waals surface area contributed by atoms with Crippen LogP contribution in [0.4, 0.5) is 5.69 Å². The van der Waals surface area contributed by atoms with Crippen molar-refractivity contribution in [1.29, 1.82) is 0 Å². The Kier molecular flexibility index (Phi) is 2.96. The largest absolute Gasteiger partial charge is 0.465 e. The van der Waals surface area contributed by atoms with Gasteiger partial charge in [-0.15, -0.1) is 0 Å². The Morgan fingerprint density at radius 2 is 2.44 bits per heavy atom. The van der Waals surface area contributed by atoms with E-state index in [1.165, 1.54) is 6.33 Å². The fourth-order valence-electron chi connectivity index (χ4n) is 1.86. The molecule has 0 aromatic carbocycles. The number of carbonyl (C=O) groups excluding carboxylic acids is 1. The Morgan fingerprint density at radius 3 is 3.12 bits per heavy atom. The second kappa shape index (κ2) is 4.25. The summed E-state index contributed by atoms with van der Waals surface area (Å²) in [6.45, 7) is 2.68. The Balaban J connectivity index is 2.36. The summed E-state index contributed by atoms with van der Waals surface area (Å²) in [5.74, 6) is -0.622. The lowest BCUT2D eigenvalue weighted by Gasteiger charge is -2.11. The Morgan fingerprint density at radius 1 is 1.69 bits per heavy atom. The molecule has 1 unspecified atom stereocenters. The van der Waals surface area contributed by atoms with E-state index in [1.54, 1.807) is 6.92 Å². The summed E-state index contributed by atoms with van der Waals surface area (Å²) >= 11 is 5.97. The van der Waals surface area contributed by atoms with Crippen LogP contribution in [-0.4, -0.2) is 36.1 Å². The molecule has 2 rings (SSSR count). The van der Waals surface area contributed by atoms with E-state index in [0.29, 0.717) is 24.0 Å². The number of hydrogen-bond acceptors (Lipinski definition) is 5. The number of likely N-dealkylation sites (N-methyl/N-ethyl adjacent to an activating group) is 1. The van der Waals surface area contributed by atoms with Crippen molar-refractivity contribution in [2.75, 3.05) is 25.1 Å². The van der Waals surface area contributed by atoms with Crippen LogP contribution in [-0.2, 0) is 9.53 Å². The van der Waals surface area contributed by atoms with Crippen LogP contribution in [0.15, 0.2) is 6.33 Å². The SMILES string of the molecule is CCOC(=O)C1CN(C)c2c(Cl)ncnc21. The molecule has 0 saturated carbocycles. The van der Waals surface area contributed by atoms with E-state index in [1.807, 2.05) is 11.9 Å². The molecule has 1 aromatic heterocycles. The van der Waals surface area contributed by atoms with E-state index in [0.717, 1.165) is 5.69 Å². The quantitative estimate of drug-likeness (QED) is 0.576. The number of esters is 1. The van der Waals surface area contributed by atoms with Gasteiger partial charge in [0.25, 0.3) is 0 Å². The van der Waals surface area contributed by atoms with Crippen LogP contribution in [0.5, 0.6) is 0 Å².